The molecule has 2 heterocycles. The Morgan fingerprint density at radius 2 is 2.28 bits per heavy atom. The van der Waals surface area contributed by atoms with Gasteiger partial charge in [0.05, 0.1) is 0 Å². The highest BCUT2D eigenvalue weighted by atomic mass is 16.5. The second-order valence-corrected chi connectivity index (χ2v) is 3.57. The monoisotopic (exact) mass is 248 g/mol. The maximum absolute atomic E-state index is 10.8. The molecule has 2 rings (SSSR count). The lowest BCUT2D eigenvalue weighted by atomic mass is 10.3. The van der Waals surface area contributed by atoms with E-state index >= 15 is 0 Å². The first-order chi connectivity index (χ1) is 8.65. The van der Waals surface area contributed by atoms with Gasteiger partial charge in [-0.25, -0.2) is 0 Å². The van der Waals surface area contributed by atoms with Crippen molar-refractivity contribution in [2.45, 2.75) is 13.3 Å². The van der Waals surface area contributed by atoms with E-state index in [1.807, 2.05) is 0 Å². The number of carbonyl (C=O) groups is 1. The number of nitrogens with two attached hydrogens (primary N) is 1. The molecule has 2 aromatic heterocycles. The molecule has 0 atom stereocenters. The zero-order valence-corrected chi connectivity index (χ0v) is 9.75. The van der Waals surface area contributed by atoms with Gasteiger partial charge >= 0.3 is 0 Å². The Balaban J connectivity index is 1.85. The van der Waals surface area contributed by atoms with Gasteiger partial charge in [0.2, 0.25) is 5.89 Å². The van der Waals surface area contributed by atoms with Gasteiger partial charge in [0.1, 0.15) is 5.82 Å². The molecule has 0 bridgehead atoms. The molecule has 0 saturated carbocycles. The molecule has 0 aliphatic rings. The zero-order valence-electron chi connectivity index (χ0n) is 9.75. The molecule has 8 heteroatoms. The predicted octanol–water partition coefficient (Wildman–Crippen LogP) is -0.0785. The minimum absolute atomic E-state index is 0.134. The Labute approximate surface area is 103 Å². The number of aromatic nitrogens is 4. The molecule has 0 saturated heterocycles. The Bertz CT molecular complexity index is 536. The smallest absolute Gasteiger partial charge is 0.269 e. The van der Waals surface area contributed by atoms with Gasteiger partial charge in [-0.05, 0) is 12.1 Å². The van der Waals surface area contributed by atoms with Crippen LogP contribution >= 0.6 is 0 Å². The molecular weight excluding hydrogens is 236 g/mol. The van der Waals surface area contributed by atoms with E-state index in [1.165, 1.54) is 6.07 Å². The van der Waals surface area contributed by atoms with E-state index in [0.29, 0.717) is 30.5 Å². The number of nitrogens with zero attached hydrogens (tertiary/aromatic N) is 4. The Kier molecular flexibility index (Phi) is 3.46. The molecule has 3 N–H and O–H groups in total. The second kappa shape index (κ2) is 5.21. The first kappa shape index (κ1) is 12.0. The van der Waals surface area contributed by atoms with Crippen LogP contribution in [0.25, 0.3) is 0 Å². The number of primary amides is 1. The molecule has 0 fully saturated rings. The van der Waals surface area contributed by atoms with Crippen LogP contribution in [0.15, 0.2) is 16.7 Å². The highest BCUT2D eigenvalue weighted by Crippen LogP contribution is 2.02. The van der Waals surface area contributed by atoms with Gasteiger partial charge in [0.25, 0.3) is 5.91 Å². The maximum Gasteiger partial charge on any atom is 0.269 e. The number of hydrogen-bond donors (Lipinski definition) is 2. The molecular formula is C10H12N6O2. The number of hydrogen-bond acceptors (Lipinski definition) is 7. The summed E-state index contributed by atoms with van der Waals surface area (Å²) in [6.07, 6.45) is 0.608. The minimum Gasteiger partial charge on any atom is -0.368 e. The van der Waals surface area contributed by atoms with Crippen LogP contribution in [0.1, 0.15) is 22.2 Å². The van der Waals surface area contributed by atoms with Crippen LogP contribution in [-0.2, 0) is 6.42 Å². The summed E-state index contributed by atoms with van der Waals surface area (Å²) in [5, 5.41) is 14.3. The fraction of sp³-hybridized carbons (Fsp3) is 0.300. The topological polar surface area (TPSA) is 120 Å². The Hall–Kier alpha value is -2.51. The summed E-state index contributed by atoms with van der Waals surface area (Å²) >= 11 is 0. The molecule has 0 radical (unpaired) electrons. The van der Waals surface area contributed by atoms with Gasteiger partial charge < -0.3 is 15.6 Å². The SMILES string of the molecule is Cc1nc(CCNc2ccc(C(N)=O)nn2)no1. The lowest BCUT2D eigenvalue weighted by molar-refractivity contribution is 0.0994. The van der Waals surface area contributed by atoms with E-state index < -0.39 is 5.91 Å². The van der Waals surface area contributed by atoms with Crippen molar-refractivity contribution in [2.24, 2.45) is 5.73 Å². The van der Waals surface area contributed by atoms with Crippen LogP contribution in [0.5, 0.6) is 0 Å². The van der Waals surface area contributed by atoms with Gasteiger partial charge in [-0.2, -0.15) is 4.98 Å². The van der Waals surface area contributed by atoms with E-state index in [2.05, 4.69) is 25.7 Å². The van der Waals surface area contributed by atoms with Gasteiger partial charge in [-0.1, -0.05) is 5.16 Å². The predicted molar refractivity (Wildman–Crippen MR) is 61.8 cm³/mol. The van der Waals surface area contributed by atoms with E-state index in [4.69, 9.17) is 10.3 Å². The summed E-state index contributed by atoms with van der Waals surface area (Å²) in [4.78, 5) is 14.9. The summed E-state index contributed by atoms with van der Waals surface area (Å²) in [5.41, 5.74) is 5.19. The first-order valence-corrected chi connectivity index (χ1v) is 5.32. The van der Waals surface area contributed by atoms with Crippen LogP contribution in [0.2, 0.25) is 0 Å². The largest absolute Gasteiger partial charge is 0.368 e. The van der Waals surface area contributed by atoms with Crippen molar-refractivity contribution in [1.82, 2.24) is 20.3 Å². The third-order valence-corrected chi connectivity index (χ3v) is 2.14. The molecule has 1 amide bonds. The molecule has 0 aliphatic carbocycles. The fourth-order valence-corrected chi connectivity index (χ4v) is 1.30. The van der Waals surface area contributed by atoms with Crippen molar-refractivity contribution < 1.29 is 9.32 Å². The summed E-state index contributed by atoms with van der Waals surface area (Å²) in [6, 6.07) is 3.14. The van der Waals surface area contributed by atoms with Crippen LogP contribution in [0, 0.1) is 6.92 Å². The van der Waals surface area contributed by atoms with E-state index in [-0.39, 0.29) is 5.69 Å². The number of rotatable bonds is 5. The van der Waals surface area contributed by atoms with E-state index in [1.54, 1.807) is 13.0 Å². The van der Waals surface area contributed by atoms with Crippen molar-refractivity contribution in [2.75, 3.05) is 11.9 Å². The molecule has 2 aromatic rings. The Morgan fingerprint density at radius 1 is 1.44 bits per heavy atom. The van der Waals surface area contributed by atoms with Gasteiger partial charge in [0, 0.05) is 19.9 Å². The zero-order chi connectivity index (χ0) is 13.0. The summed E-state index contributed by atoms with van der Waals surface area (Å²) in [6.45, 7) is 2.32. The average Bonchev–Trinajstić information content (AvgIpc) is 2.76. The third-order valence-electron chi connectivity index (χ3n) is 2.14. The molecule has 0 aromatic carbocycles. The van der Waals surface area contributed by atoms with Gasteiger partial charge in [-0.3, -0.25) is 4.79 Å². The van der Waals surface area contributed by atoms with Crippen molar-refractivity contribution in [3.8, 4) is 0 Å². The summed E-state index contributed by atoms with van der Waals surface area (Å²) in [7, 11) is 0. The number of anilines is 1. The first-order valence-electron chi connectivity index (χ1n) is 5.32. The van der Waals surface area contributed by atoms with Crippen molar-refractivity contribution >= 4 is 11.7 Å². The third kappa shape index (κ3) is 3.00. The average molecular weight is 248 g/mol. The lowest BCUT2D eigenvalue weighted by Crippen LogP contribution is -2.14. The van der Waals surface area contributed by atoms with Crippen molar-refractivity contribution in [1.29, 1.82) is 0 Å². The highest BCUT2D eigenvalue weighted by Gasteiger charge is 2.04. The van der Waals surface area contributed by atoms with Gasteiger partial charge in [-0.15, -0.1) is 10.2 Å². The fourth-order valence-electron chi connectivity index (χ4n) is 1.30. The Morgan fingerprint density at radius 3 is 2.83 bits per heavy atom. The number of nitrogens with one attached hydrogen (secondary N) is 1. The maximum atomic E-state index is 10.8. The van der Waals surface area contributed by atoms with Crippen molar-refractivity contribution in [3.63, 3.8) is 0 Å². The van der Waals surface area contributed by atoms with Crippen LogP contribution < -0.4 is 11.1 Å². The van der Waals surface area contributed by atoms with E-state index in [9.17, 15) is 4.79 Å². The summed E-state index contributed by atoms with van der Waals surface area (Å²) in [5.74, 6) is 1.12. The molecule has 0 spiro atoms. The number of amides is 1. The normalized spacial score (nSPS) is 10.3. The minimum atomic E-state index is -0.601. The highest BCUT2D eigenvalue weighted by molar-refractivity contribution is 5.90. The van der Waals surface area contributed by atoms with Crippen LogP contribution in [0.4, 0.5) is 5.82 Å². The van der Waals surface area contributed by atoms with Crippen molar-refractivity contribution in [3.05, 3.63) is 29.5 Å². The lowest BCUT2D eigenvalue weighted by Gasteiger charge is -2.02. The molecule has 0 unspecified atom stereocenters. The molecule has 18 heavy (non-hydrogen) atoms. The number of aryl methyl sites for hydroxylation is 1. The molecule has 94 valence electrons. The standard InChI is InChI=1S/C10H12N6O2/c1-6-13-9(16-18-6)4-5-12-8-3-2-7(10(11)17)14-15-8/h2-3H,4-5H2,1H3,(H2,11,17)(H,12,15). The van der Waals surface area contributed by atoms with Crippen LogP contribution in [0.3, 0.4) is 0 Å². The number of carbonyl (C=O) groups excluding carboxylic acids is 1. The van der Waals surface area contributed by atoms with Gasteiger partial charge in [0.15, 0.2) is 11.5 Å². The summed E-state index contributed by atoms with van der Waals surface area (Å²) < 4.78 is 4.84. The van der Waals surface area contributed by atoms with Crippen LogP contribution in [-0.4, -0.2) is 32.8 Å². The second-order valence-electron chi connectivity index (χ2n) is 3.57. The van der Waals surface area contributed by atoms with E-state index in [0.717, 1.165) is 0 Å². The molecule has 0 aliphatic heterocycles. The molecule has 8 nitrogen and oxygen atoms in total. The quantitative estimate of drug-likeness (QED) is 0.759.